The molecule has 1 amide bonds. The van der Waals surface area contributed by atoms with Crippen LogP contribution in [0.1, 0.15) is 27.2 Å². The summed E-state index contributed by atoms with van der Waals surface area (Å²) in [6.45, 7) is 8.02. The van der Waals surface area contributed by atoms with E-state index in [1.165, 1.54) is 0 Å². The minimum atomic E-state index is -0.448. The third-order valence-corrected chi connectivity index (χ3v) is 4.40. The molecule has 2 aliphatic heterocycles. The van der Waals surface area contributed by atoms with Crippen molar-refractivity contribution in [2.45, 2.75) is 38.3 Å². The van der Waals surface area contributed by atoms with Gasteiger partial charge in [-0.3, -0.25) is 4.90 Å². The third-order valence-electron chi connectivity index (χ3n) is 3.85. The molecule has 0 N–H and O–H groups in total. The van der Waals surface area contributed by atoms with Gasteiger partial charge < -0.3 is 9.64 Å². The number of aromatic nitrogens is 2. The maximum atomic E-state index is 12.2. The van der Waals surface area contributed by atoms with Crippen molar-refractivity contribution >= 4 is 34.6 Å². The number of nitrogens with zero attached hydrogens (tertiary/aromatic N) is 4. The van der Waals surface area contributed by atoms with Crippen molar-refractivity contribution < 1.29 is 9.53 Å². The van der Waals surface area contributed by atoms with Gasteiger partial charge in [-0.2, -0.15) is 0 Å². The van der Waals surface area contributed by atoms with Gasteiger partial charge in [-0.1, -0.05) is 0 Å². The molecule has 0 aromatic carbocycles. The molecule has 0 aliphatic carbocycles. The Hall–Kier alpha value is -1.12. The molecule has 3 heterocycles. The number of likely N-dealkylation sites (tertiary alicyclic amines) is 1. The Bertz CT molecular complexity index is 549. The smallest absolute Gasteiger partial charge is 0.410 e. The van der Waals surface area contributed by atoms with E-state index in [1.54, 1.807) is 12.4 Å². The van der Waals surface area contributed by atoms with Crippen LogP contribution in [0.15, 0.2) is 12.4 Å². The van der Waals surface area contributed by atoms with Gasteiger partial charge in [0.15, 0.2) is 0 Å². The lowest BCUT2D eigenvalue weighted by atomic mass is 9.78. The highest BCUT2D eigenvalue weighted by atomic mass is 127. The Morgan fingerprint density at radius 3 is 2.43 bits per heavy atom. The summed E-state index contributed by atoms with van der Waals surface area (Å²) in [5.74, 6) is 0.733. The lowest BCUT2D eigenvalue weighted by molar-refractivity contribution is -0.0564. The first kappa shape index (κ1) is 14.8. The number of ether oxygens (including phenoxy) is 1. The second-order valence-electron chi connectivity index (χ2n) is 6.66. The molecule has 2 aliphatic rings. The molecule has 2 saturated heterocycles. The number of anilines is 1. The van der Waals surface area contributed by atoms with E-state index in [-0.39, 0.29) is 11.6 Å². The van der Waals surface area contributed by atoms with Crippen LogP contribution in [0, 0.1) is 3.57 Å². The molecular formula is C14H19IN4O2. The van der Waals surface area contributed by atoms with Crippen molar-refractivity contribution in [1.29, 1.82) is 0 Å². The average molecular weight is 402 g/mol. The van der Waals surface area contributed by atoms with Crippen LogP contribution < -0.4 is 4.90 Å². The predicted molar refractivity (Wildman–Crippen MR) is 87.3 cm³/mol. The Morgan fingerprint density at radius 1 is 1.33 bits per heavy atom. The SMILES string of the molecule is CC(C)(C)OC(=O)N1CCC12CN(c1ncc(I)cn1)C2. The molecule has 0 bridgehead atoms. The normalized spacial score (nSPS) is 20.0. The molecule has 3 rings (SSSR count). The minimum Gasteiger partial charge on any atom is -0.444 e. The number of rotatable bonds is 1. The van der Waals surface area contributed by atoms with E-state index in [0.29, 0.717) is 0 Å². The van der Waals surface area contributed by atoms with E-state index in [2.05, 4.69) is 37.5 Å². The van der Waals surface area contributed by atoms with Crippen molar-refractivity contribution in [3.63, 3.8) is 0 Å². The van der Waals surface area contributed by atoms with Crippen molar-refractivity contribution in [2.24, 2.45) is 0 Å². The number of carbonyl (C=O) groups excluding carboxylic acids is 1. The zero-order valence-corrected chi connectivity index (χ0v) is 14.6. The molecule has 1 aromatic heterocycles. The summed E-state index contributed by atoms with van der Waals surface area (Å²) in [5, 5.41) is 0. The second-order valence-corrected chi connectivity index (χ2v) is 7.91. The van der Waals surface area contributed by atoms with E-state index in [4.69, 9.17) is 4.74 Å². The number of hydrogen-bond acceptors (Lipinski definition) is 5. The number of halogens is 1. The molecule has 6 nitrogen and oxygen atoms in total. The van der Waals surface area contributed by atoms with Gasteiger partial charge in [-0.15, -0.1) is 0 Å². The van der Waals surface area contributed by atoms with Gasteiger partial charge >= 0.3 is 6.09 Å². The Balaban J connectivity index is 1.61. The molecule has 0 radical (unpaired) electrons. The van der Waals surface area contributed by atoms with Crippen LogP contribution in [-0.4, -0.2) is 51.7 Å². The summed E-state index contributed by atoms with van der Waals surface area (Å²) < 4.78 is 6.48. The van der Waals surface area contributed by atoms with E-state index >= 15 is 0 Å². The summed E-state index contributed by atoms with van der Waals surface area (Å²) in [7, 11) is 0. The Kier molecular flexibility index (Phi) is 3.50. The van der Waals surface area contributed by atoms with Crippen LogP contribution in [0.2, 0.25) is 0 Å². The van der Waals surface area contributed by atoms with Crippen LogP contribution in [0.3, 0.4) is 0 Å². The van der Waals surface area contributed by atoms with Gasteiger partial charge in [0.05, 0.1) is 5.54 Å². The standard InChI is InChI=1S/C14H19IN4O2/c1-13(2,3)21-12(20)19-5-4-14(19)8-18(9-14)11-16-6-10(15)7-17-11/h6-7H,4-5,8-9H2,1-3H3. The van der Waals surface area contributed by atoms with Crippen molar-refractivity contribution in [3.8, 4) is 0 Å². The zero-order chi connectivity index (χ0) is 15.3. The molecular weight excluding hydrogens is 383 g/mol. The van der Waals surface area contributed by atoms with E-state index < -0.39 is 5.60 Å². The van der Waals surface area contributed by atoms with Crippen LogP contribution in [0.5, 0.6) is 0 Å². The van der Waals surface area contributed by atoms with E-state index in [9.17, 15) is 4.79 Å². The first-order valence-electron chi connectivity index (χ1n) is 7.02. The Labute approximate surface area is 138 Å². The van der Waals surface area contributed by atoms with Gasteiger partial charge in [0.2, 0.25) is 5.95 Å². The molecule has 0 unspecified atom stereocenters. The van der Waals surface area contributed by atoms with Gasteiger partial charge in [-0.05, 0) is 49.8 Å². The summed E-state index contributed by atoms with van der Waals surface area (Å²) >= 11 is 2.19. The largest absolute Gasteiger partial charge is 0.444 e. The Morgan fingerprint density at radius 2 is 1.95 bits per heavy atom. The molecule has 0 atom stereocenters. The molecule has 1 spiro atoms. The van der Waals surface area contributed by atoms with Gasteiger partial charge in [0, 0.05) is 35.6 Å². The lowest BCUT2D eigenvalue weighted by Crippen LogP contribution is -2.78. The summed E-state index contributed by atoms with van der Waals surface area (Å²) in [5.41, 5.74) is -0.523. The minimum absolute atomic E-state index is 0.0747. The van der Waals surface area contributed by atoms with Gasteiger partial charge in [0.25, 0.3) is 0 Å². The van der Waals surface area contributed by atoms with Crippen molar-refractivity contribution in [1.82, 2.24) is 14.9 Å². The fourth-order valence-electron chi connectivity index (χ4n) is 2.75. The molecule has 7 heteroatoms. The highest BCUT2D eigenvalue weighted by Gasteiger charge is 2.57. The topological polar surface area (TPSA) is 58.6 Å². The van der Waals surface area contributed by atoms with Crippen molar-refractivity contribution in [3.05, 3.63) is 16.0 Å². The monoisotopic (exact) mass is 402 g/mol. The molecule has 0 saturated carbocycles. The lowest BCUT2D eigenvalue weighted by Gasteiger charge is -2.61. The fraction of sp³-hybridized carbons (Fsp3) is 0.643. The van der Waals surface area contributed by atoms with Crippen LogP contribution >= 0.6 is 22.6 Å². The first-order valence-corrected chi connectivity index (χ1v) is 8.10. The van der Waals surface area contributed by atoms with Crippen LogP contribution in [0.4, 0.5) is 10.7 Å². The molecule has 2 fully saturated rings. The number of hydrogen-bond donors (Lipinski definition) is 0. The quantitative estimate of drug-likeness (QED) is 0.675. The fourth-order valence-corrected chi connectivity index (χ4v) is 3.02. The summed E-state index contributed by atoms with van der Waals surface area (Å²) in [6, 6.07) is 0. The highest BCUT2D eigenvalue weighted by Crippen LogP contribution is 2.41. The predicted octanol–water partition coefficient (Wildman–Crippen LogP) is 2.28. The maximum Gasteiger partial charge on any atom is 0.410 e. The summed E-state index contributed by atoms with van der Waals surface area (Å²) in [6.07, 6.45) is 4.42. The number of amides is 1. The molecule has 21 heavy (non-hydrogen) atoms. The summed E-state index contributed by atoms with van der Waals surface area (Å²) in [4.78, 5) is 24.8. The number of carbonyl (C=O) groups is 1. The van der Waals surface area contributed by atoms with Crippen LogP contribution in [0.25, 0.3) is 0 Å². The second kappa shape index (κ2) is 4.96. The van der Waals surface area contributed by atoms with E-state index in [0.717, 1.165) is 35.6 Å². The molecule has 1 aromatic rings. The maximum absolute atomic E-state index is 12.2. The van der Waals surface area contributed by atoms with Gasteiger partial charge in [-0.25, -0.2) is 14.8 Å². The van der Waals surface area contributed by atoms with Gasteiger partial charge in [0.1, 0.15) is 5.60 Å². The van der Waals surface area contributed by atoms with Crippen LogP contribution in [-0.2, 0) is 4.74 Å². The first-order chi connectivity index (χ1) is 9.79. The zero-order valence-electron chi connectivity index (χ0n) is 12.5. The average Bonchev–Trinajstić information content (AvgIpc) is 2.25. The molecule has 114 valence electrons. The van der Waals surface area contributed by atoms with Crippen molar-refractivity contribution in [2.75, 3.05) is 24.5 Å². The van der Waals surface area contributed by atoms with E-state index in [1.807, 2.05) is 25.7 Å². The highest BCUT2D eigenvalue weighted by molar-refractivity contribution is 14.1. The third kappa shape index (κ3) is 2.79.